The van der Waals surface area contributed by atoms with E-state index >= 15 is 0 Å². The van der Waals surface area contributed by atoms with Crippen LogP contribution in [0.2, 0.25) is 5.02 Å². The van der Waals surface area contributed by atoms with E-state index in [1.165, 1.54) is 57.3 Å². The lowest BCUT2D eigenvalue weighted by atomic mass is 9.77. The first-order valence-electron chi connectivity index (χ1n) is 7.90. The Hall–Kier alpha value is -0.730. The van der Waals surface area contributed by atoms with E-state index in [9.17, 15) is 0 Å². The molecule has 3 heteroatoms. The van der Waals surface area contributed by atoms with Crippen LogP contribution < -0.4 is 10.6 Å². The van der Waals surface area contributed by atoms with Gasteiger partial charge in [0.15, 0.2) is 0 Å². The van der Waals surface area contributed by atoms with Crippen LogP contribution in [0.1, 0.15) is 57.1 Å². The second-order valence-corrected chi connectivity index (χ2v) is 7.10. The summed E-state index contributed by atoms with van der Waals surface area (Å²) < 4.78 is 0. The Morgan fingerprint density at radius 2 is 1.80 bits per heavy atom. The highest BCUT2D eigenvalue weighted by molar-refractivity contribution is 6.31. The molecule has 0 amide bonds. The second-order valence-electron chi connectivity index (χ2n) is 6.69. The first-order chi connectivity index (χ1) is 9.60. The Labute approximate surface area is 127 Å². The van der Waals surface area contributed by atoms with Gasteiger partial charge in [0, 0.05) is 29.8 Å². The van der Waals surface area contributed by atoms with Crippen molar-refractivity contribution in [2.24, 2.45) is 11.1 Å². The van der Waals surface area contributed by atoms with Gasteiger partial charge >= 0.3 is 0 Å². The molecule has 110 valence electrons. The Balaban J connectivity index is 1.70. The summed E-state index contributed by atoms with van der Waals surface area (Å²) in [6, 6.07) is 6.35. The fourth-order valence-corrected chi connectivity index (χ4v) is 4.29. The van der Waals surface area contributed by atoms with E-state index in [4.69, 9.17) is 17.3 Å². The van der Waals surface area contributed by atoms with Crippen molar-refractivity contribution in [3.63, 3.8) is 0 Å². The van der Waals surface area contributed by atoms with E-state index in [2.05, 4.69) is 23.1 Å². The van der Waals surface area contributed by atoms with Crippen molar-refractivity contribution in [3.8, 4) is 0 Å². The van der Waals surface area contributed by atoms with Crippen LogP contribution >= 0.6 is 11.6 Å². The number of hydrogen-bond acceptors (Lipinski definition) is 2. The molecule has 1 saturated carbocycles. The number of rotatable bonds is 2. The Morgan fingerprint density at radius 3 is 2.35 bits per heavy atom. The van der Waals surface area contributed by atoms with Crippen molar-refractivity contribution >= 4 is 17.3 Å². The summed E-state index contributed by atoms with van der Waals surface area (Å²) in [6.07, 6.45) is 8.47. The van der Waals surface area contributed by atoms with Crippen molar-refractivity contribution in [2.75, 3.05) is 18.0 Å². The van der Waals surface area contributed by atoms with Crippen molar-refractivity contribution in [1.29, 1.82) is 0 Å². The summed E-state index contributed by atoms with van der Waals surface area (Å²) >= 11 is 6.36. The Kier molecular flexibility index (Phi) is 3.96. The van der Waals surface area contributed by atoms with Crippen LogP contribution in [0.4, 0.5) is 5.69 Å². The number of benzene rings is 1. The van der Waals surface area contributed by atoms with Gasteiger partial charge in [0.25, 0.3) is 0 Å². The monoisotopic (exact) mass is 292 g/mol. The molecular weight excluding hydrogens is 268 g/mol. The van der Waals surface area contributed by atoms with E-state index < -0.39 is 0 Å². The zero-order valence-corrected chi connectivity index (χ0v) is 13.1. The molecule has 1 aliphatic carbocycles. The van der Waals surface area contributed by atoms with E-state index in [1.54, 1.807) is 0 Å². The number of piperidine rings is 1. The van der Waals surface area contributed by atoms with Gasteiger partial charge in [0.2, 0.25) is 0 Å². The molecule has 2 nitrogen and oxygen atoms in total. The first kappa shape index (κ1) is 14.2. The topological polar surface area (TPSA) is 29.3 Å². The maximum absolute atomic E-state index is 6.36. The maximum atomic E-state index is 6.36. The van der Waals surface area contributed by atoms with Crippen LogP contribution in [0.15, 0.2) is 18.2 Å². The van der Waals surface area contributed by atoms with Crippen molar-refractivity contribution < 1.29 is 0 Å². The van der Waals surface area contributed by atoms with Gasteiger partial charge in [-0.15, -0.1) is 0 Å². The van der Waals surface area contributed by atoms with Gasteiger partial charge in [-0.3, -0.25) is 0 Å². The predicted molar refractivity (Wildman–Crippen MR) is 86.4 cm³/mol. The summed E-state index contributed by atoms with van der Waals surface area (Å²) in [4.78, 5) is 2.49. The highest BCUT2D eigenvalue weighted by atomic mass is 35.5. The molecule has 1 aliphatic heterocycles. The molecule has 20 heavy (non-hydrogen) atoms. The highest BCUT2D eigenvalue weighted by Crippen LogP contribution is 2.46. The van der Waals surface area contributed by atoms with Gasteiger partial charge in [0.1, 0.15) is 0 Å². The van der Waals surface area contributed by atoms with Crippen LogP contribution in [0.25, 0.3) is 0 Å². The van der Waals surface area contributed by atoms with Gasteiger partial charge in [0.05, 0.1) is 0 Å². The first-order valence-corrected chi connectivity index (χ1v) is 8.27. The summed E-state index contributed by atoms with van der Waals surface area (Å²) in [5.74, 6) is 0. The van der Waals surface area contributed by atoms with Gasteiger partial charge in [-0.1, -0.05) is 30.5 Å². The summed E-state index contributed by atoms with van der Waals surface area (Å²) in [6.45, 7) is 4.33. The number of nitrogens with two attached hydrogens (primary N) is 1. The van der Waals surface area contributed by atoms with Crippen molar-refractivity contribution in [1.82, 2.24) is 0 Å². The van der Waals surface area contributed by atoms with Crippen molar-refractivity contribution in [3.05, 3.63) is 28.8 Å². The molecule has 2 N–H and O–H groups in total. The number of nitrogens with zero attached hydrogens (tertiary/aromatic N) is 1. The minimum absolute atomic E-state index is 0.000311. The molecule has 1 heterocycles. The lowest BCUT2D eigenvalue weighted by Crippen LogP contribution is -2.38. The SMILES string of the molecule is CC(N)c1ccc(N2CCC3(CCCC3)CC2)cc1Cl. The average Bonchev–Trinajstić information content (AvgIpc) is 2.87. The lowest BCUT2D eigenvalue weighted by Gasteiger charge is -2.40. The molecule has 0 bridgehead atoms. The van der Waals surface area contributed by atoms with Crippen LogP contribution in [0.3, 0.4) is 0 Å². The van der Waals surface area contributed by atoms with Crippen LogP contribution in [0, 0.1) is 5.41 Å². The van der Waals surface area contributed by atoms with Crippen LogP contribution in [0.5, 0.6) is 0 Å². The molecule has 1 atom stereocenters. The lowest BCUT2D eigenvalue weighted by molar-refractivity contribution is 0.226. The van der Waals surface area contributed by atoms with Gasteiger partial charge in [-0.2, -0.15) is 0 Å². The summed E-state index contributed by atoms with van der Waals surface area (Å²) in [7, 11) is 0. The Morgan fingerprint density at radius 1 is 1.15 bits per heavy atom. The summed E-state index contributed by atoms with van der Waals surface area (Å²) in [5, 5.41) is 0.804. The third-order valence-electron chi connectivity index (χ3n) is 5.33. The zero-order valence-electron chi connectivity index (χ0n) is 12.4. The molecule has 1 unspecified atom stereocenters. The van der Waals surface area contributed by atoms with E-state index in [0.29, 0.717) is 5.41 Å². The van der Waals surface area contributed by atoms with Gasteiger partial charge in [-0.25, -0.2) is 0 Å². The fraction of sp³-hybridized carbons (Fsp3) is 0.647. The number of hydrogen-bond donors (Lipinski definition) is 1. The van der Waals surface area contributed by atoms with E-state index in [0.717, 1.165) is 10.6 Å². The van der Waals surface area contributed by atoms with Crippen LogP contribution in [-0.4, -0.2) is 13.1 Å². The molecule has 1 aromatic rings. The molecular formula is C17H25ClN2. The van der Waals surface area contributed by atoms with Crippen molar-refractivity contribution in [2.45, 2.75) is 51.5 Å². The standard InChI is InChI=1S/C17H25ClN2/c1-13(19)15-5-4-14(12-16(15)18)20-10-8-17(9-11-20)6-2-3-7-17/h4-5,12-13H,2-3,6-11,19H2,1H3. The third-order valence-corrected chi connectivity index (χ3v) is 5.66. The molecule has 3 rings (SSSR count). The zero-order chi connectivity index (χ0) is 14.2. The van der Waals surface area contributed by atoms with Crippen LogP contribution in [-0.2, 0) is 0 Å². The summed E-state index contributed by atoms with van der Waals surface area (Å²) in [5.41, 5.74) is 8.89. The van der Waals surface area contributed by atoms with E-state index in [-0.39, 0.29) is 6.04 Å². The van der Waals surface area contributed by atoms with E-state index in [1.807, 2.05) is 6.92 Å². The molecule has 1 aromatic carbocycles. The quantitative estimate of drug-likeness (QED) is 0.868. The molecule has 2 fully saturated rings. The molecule has 1 saturated heterocycles. The Bertz CT molecular complexity index is 468. The molecule has 1 spiro atoms. The predicted octanol–water partition coefficient (Wildman–Crippen LogP) is 4.52. The average molecular weight is 293 g/mol. The van der Waals surface area contributed by atoms with Gasteiger partial charge in [-0.05, 0) is 55.7 Å². The molecule has 0 radical (unpaired) electrons. The fourth-order valence-electron chi connectivity index (χ4n) is 3.95. The normalized spacial score (nSPS) is 23.2. The smallest absolute Gasteiger partial charge is 0.0474 e. The number of halogens is 1. The third kappa shape index (κ3) is 2.68. The minimum atomic E-state index is -0.000311. The highest BCUT2D eigenvalue weighted by Gasteiger charge is 2.36. The molecule has 0 aromatic heterocycles. The number of anilines is 1. The second kappa shape index (κ2) is 5.57. The largest absolute Gasteiger partial charge is 0.371 e. The molecule has 2 aliphatic rings. The van der Waals surface area contributed by atoms with Gasteiger partial charge < -0.3 is 10.6 Å². The maximum Gasteiger partial charge on any atom is 0.0474 e. The minimum Gasteiger partial charge on any atom is -0.371 e.